The van der Waals surface area contributed by atoms with E-state index in [-0.39, 0.29) is 17.7 Å². The number of amides is 2. The lowest BCUT2D eigenvalue weighted by atomic mass is 9.96. The van der Waals surface area contributed by atoms with Crippen molar-refractivity contribution in [2.45, 2.75) is 38.7 Å². The number of aliphatic hydroxyl groups excluding tert-OH is 1. The Morgan fingerprint density at radius 1 is 1.09 bits per heavy atom. The quantitative estimate of drug-likeness (QED) is 0.509. The van der Waals surface area contributed by atoms with Gasteiger partial charge in [0.25, 0.3) is 5.91 Å². The zero-order chi connectivity index (χ0) is 23.5. The van der Waals surface area contributed by atoms with Crippen molar-refractivity contribution < 1.29 is 14.7 Å². The second-order valence-corrected chi connectivity index (χ2v) is 8.90. The number of nitrogens with zero attached hydrogens (tertiary/aromatic N) is 1. The van der Waals surface area contributed by atoms with Gasteiger partial charge in [-0.3, -0.25) is 9.59 Å². The number of carbonyl (C=O) groups excluding carboxylic acids is 2. The van der Waals surface area contributed by atoms with Gasteiger partial charge < -0.3 is 15.3 Å². The lowest BCUT2D eigenvalue weighted by Gasteiger charge is -2.24. The van der Waals surface area contributed by atoms with Crippen LogP contribution in [0, 0.1) is 6.92 Å². The second-order valence-electron chi connectivity index (χ2n) is 8.46. The molecule has 0 aliphatic carbocycles. The van der Waals surface area contributed by atoms with Crippen LogP contribution in [0.5, 0.6) is 0 Å². The Hall–Kier alpha value is -3.15. The van der Waals surface area contributed by atoms with Crippen LogP contribution >= 0.6 is 11.6 Å². The summed E-state index contributed by atoms with van der Waals surface area (Å²) in [4.78, 5) is 27.7. The molecule has 2 atom stereocenters. The average Bonchev–Trinajstić information content (AvgIpc) is 2.97. The van der Waals surface area contributed by atoms with Gasteiger partial charge in [0.1, 0.15) is 0 Å². The predicted octanol–water partition coefficient (Wildman–Crippen LogP) is 5.86. The third-order valence-electron chi connectivity index (χ3n) is 6.19. The number of aryl methyl sites for hydroxylation is 1. The van der Waals surface area contributed by atoms with Crippen molar-refractivity contribution in [1.29, 1.82) is 0 Å². The molecule has 2 amide bonds. The van der Waals surface area contributed by atoms with Crippen LogP contribution in [0.3, 0.4) is 0 Å². The van der Waals surface area contributed by atoms with E-state index in [4.69, 9.17) is 11.6 Å². The van der Waals surface area contributed by atoms with Crippen LogP contribution in [0.2, 0.25) is 5.02 Å². The number of benzene rings is 3. The molecule has 0 saturated heterocycles. The molecule has 0 bridgehead atoms. The molecule has 0 radical (unpaired) electrons. The molecule has 1 heterocycles. The summed E-state index contributed by atoms with van der Waals surface area (Å²) in [5, 5.41) is 13.9. The van der Waals surface area contributed by atoms with E-state index < -0.39 is 6.10 Å². The fourth-order valence-electron chi connectivity index (χ4n) is 4.28. The Labute approximate surface area is 199 Å². The number of nitrogens with one attached hydrogen (secondary N) is 1. The molecule has 2 N–H and O–H groups in total. The highest BCUT2D eigenvalue weighted by atomic mass is 35.5. The molecule has 170 valence electrons. The van der Waals surface area contributed by atoms with Crippen LogP contribution in [-0.2, 0) is 4.79 Å². The monoisotopic (exact) mass is 462 g/mol. The Morgan fingerprint density at radius 2 is 1.82 bits per heavy atom. The lowest BCUT2D eigenvalue weighted by molar-refractivity contribution is -0.117. The zero-order valence-corrected chi connectivity index (χ0v) is 19.5. The first-order valence-corrected chi connectivity index (χ1v) is 11.5. The maximum Gasteiger partial charge on any atom is 0.258 e. The molecule has 4 rings (SSSR count). The van der Waals surface area contributed by atoms with Gasteiger partial charge in [-0.15, -0.1) is 0 Å². The maximum atomic E-state index is 13.3. The fourth-order valence-corrected chi connectivity index (χ4v) is 4.46. The summed E-state index contributed by atoms with van der Waals surface area (Å²) in [6, 6.07) is 20.0. The van der Waals surface area contributed by atoms with Crippen LogP contribution in [0.1, 0.15) is 58.8 Å². The van der Waals surface area contributed by atoms with Crippen molar-refractivity contribution >= 4 is 34.8 Å². The third kappa shape index (κ3) is 4.95. The van der Waals surface area contributed by atoms with Crippen LogP contribution in [0.25, 0.3) is 0 Å². The van der Waals surface area contributed by atoms with Crippen molar-refractivity contribution in [3.63, 3.8) is 0 Å². The van der Waals surface area contributed by atoms with Gasteiger partial charge in [-0.2, -0.15) is 0 Å². The molecule has 3 aromatic rings. The van der Waals surface area contributed by atoms with Crippen molar-refractivity contribution in [3.8, 4) is 0 Å². The molecule has 0 saturated carbocycles. The van der Waals surface area contributed by atoms with Gasteiger partial charge in [-0.05, 0) is 80.3 Å². The largest absolute Gasteiger partial charge is 0.388 e. The van der Waals surface area contributed by atoms with Crippen molar-refractivity contribution in [2.24, 2.45) is 0 Å². The Bertz CT molecular complexity index is 1180. The molecule has 33 heavy (non-hydrogen) atoms. The molecule has 0 aromatic heterocycles. The number of aliphatic hydroxyl groups is 1. The third-order valence-corrected chi connectivity index (χ3v) is 6.43. The minimum Gasteiger partial charge on any atom is -0.388 e. The zero-order valence-electron chi connectivity index (χ0n) is 18.7. The molecule has 0 spiro atoms. The number of hydrogen-bond donors (Lipinski definition) is 2. The van der Waals surface area contributed by atoms with E-state index in [1.54, 1.807) is 47.4 Å². The van der Waals surface area contributed by atoms with E-state index in [2.05, 4.69) is 5.32 Å². The minimum absolute atomic E-state index is 0.101. The van der Waals surface area contributed by atoms with E-state index in [1.807, 2.05) is 38.1 Å². The van der Waals surface area contributed by atoms with Crippen LogP contribution in [0.15, 0.2) is 66.7 Å². The highest BCUT2D eigenvalue weighted by Crippen LogP contribution is 2.35. The first-order chi connectivity index (χ1) is 15.8. The summed E-state index contributed by atoms with van der Waals surface area (Å²) >= 11 is 6.12. The highest BCUT2D eigenvalue weighted by Gasteiger charge is 2.26. The number of carbonyl (C=O) groups is 2. The van der Waals surface area contributed by atoms with Gasteiger partial charge in [-0.25, -0.2) is 0 Å². The van der Waals surface area contributed by atoms with Gasteiger partial charge >= 0.3 is 0 Å². The first-order valence-electron chi connectivity index (χ1n) is 11.1. The summed E-state index contributed by atoms with van der Waals surface area (Å²) in [5.41, 5.74) is 4.56. The molecule has 1 aliphatic heterocycles. The van der Waals surface area contributed by atoms with Gasteiger partial charge in [0, 0.05) is 34.1 Å². The Balaban J connectivity index is 1.50. The molecule has 2 unspecified atom stereocenters. The maximum absolute atomic E-state index is 13.3. The highest BCUT2D eigenvalue weighted by molar-refractivity contribution is 6.30. The number of fused-ring (bicyclic) bond motifs is 1. The van der Waals surface area contributed by atoms with Crippen LogP contribution in [-0.4, -0.2) is 23.5 Å². The molecule has 6 heteroatoms. The molecular formula is C27H27ClN2O3. The smallest absolute Gasteiger partial charge is 0.258 e. The summed E-state index contributed by atoms with van der Waals surface area (Å²) in [6.07, 6.45) is 0.606. The molecule has 3 aromatic carbocycles. The van der Waals surface area contributed by atoms with E-state index in [9.17, 15) is 14.7 Å². The Kier molecular flexibility index (Phi) is 6.82. The van der Waals surface area contributed by atoms with Crippen molar-refractivity contribution in [2.75, 3.05) is 16.8 Å². The van der Waals surface area contributed by atoms with Gasteiger partial charge in [0.05, 0.1) is 12.0 Å². The lowest BCUT2D eigenvalue weighted by Crippen LogP contribution is -2.31. The van der Waals surface area contributed by atoms with E-state index >= 15 is 0 Å². The Morgan fingerprint density at radius 3 is 2.55 bits per heavy atom. The van der Waals surface area contributed by atoms with Gasteiger partial charge in [0.15, 0.2) is 0 Å². The van der Waals surface area contributed by atoms with E-state index in [1.165, 1.54) is 0 Å². The van der Waals surface area contributed by atoms with Gasteiger partial charge in [-0.1, -0.05) is 35.9 Å². The molecular weight excluding hydrogens is 436 g/mol. The van der Waals surface area contributed by atoms with E-state index in [0.717, 1.165) is 11.1 Å². The summed E-state index contributed by atoms with van der Waals surface area (Å²) < 4.78 is 0. The predicted molar refractivity (Wildman–Crippen MR) is 132 cm³/mol. The molecule has 1 aliphatic rings. The summed E-state index contributed by atoms with van der Waals surface area (Å²) in [7, 11) is 0. The van der Waals surface area contributed by atoms with Crippen molar-refractivity contribution in [3.05, 3.63) is 94.0 Å². The van der Waals surface area contributed by atoms with Crippen LogP contribution < -0.4 is 10.2 Å². The fraction of sp³-hybridized carbons (Fsp3) is 0.259. The normalized spacial score (nSPS) is 16.5. The van der Waals surface area contributed by atoms with Crippen LogP contribution in [0.4, 0.5) is 11.4 Å². The number of halogens is 1. The molecule has 0 fully saturated rings. The molecule has 5 nitrogen and oxygen atoms in total. The topological polar surface area (TPSA) is 69.6 Å². The minimum atomic E-state index is -0.649. The number of rotatable bonds is 4. The average molecular weight is 463 g/mol. The van der Waals surface area contributed by atoms with Crippen molar-refractivity contribution in [1.82, 2.24) is 0 Å². The standard InChI is InChI=1S/C27H27ClN2O3/c1-17-6-3-4-7-22(17)18(2)26(32)29-21-12-9-19(10-13-21)27(33)30-15-5-8-25(31)23-16-20(28)11-14-24(23)30/h3-4,6-7,9-14,16,18,25,31H,5,8,15H2,1-2H3,(H,29,32). The summed E-state index contributed by atoms with van der Waals surface area (Å²) in [6.45, 7) is 4.39. The van der Waals surface area contributed by atoms with Gasteiger partial charge in [0.2, 0.25) is 5.91 Å². The SMILES string of the molecule is Cc1ccccc1C(C)C(=O)Nc1ccc(C(=O)N2CCCC(O)c3cc(Cl)ccc32)cc1. The van der Waals surface area contributed by atoms with E-state index in [0.29, 0.717) is 46.9 Å². The first kappa shape index (κ1) is 23.0. The number of hydrogen-bond acceptors (Lipinski definition) is 3. The number of anilines is 2. The summed E-state index contributed by atoms with van der Waals surface area (Å²) in [5.74, 6) is -0.547. The second kappa shape index (κ2) is 9.77.